The Morgan fingerprint density at radius 3 is 2.63 bits per heavy atom. The summed E-state index contributed by atoms with van der Waals surface area (Å²) in [7, 11) is 1.16. The molecule has 1 fully saturated rings. The van der Waals surface area contributed by atoms with Crippen molar-refractivity contribution in [3.05, 3.63) is 60.2 Å². The van der Waals surface area contributed by atoms with Gasteiger partial charge in [0.1, 0.15) is 24.9 Å². The number of ketones is 1. The molecule has 0 spiro atoms. The number of fused-ring (bicyclic) bond motifs is 1. The van der Waals surface area contributed by atoms with Crippen molar-refractivity contribution in [1.29, 1.82) is 0 Å². The summed E-state index contributed by atoms with van der Waals surface area (Å²) in [6, 6.07) is 3.77. The molecule has 1 N–H and O–H groups in total. The highest BCUT2D eigenvalue weighted by Crippen LogP contribution is 2.31. The second-order valence-corrected chi connectivity index (χ2v) is 6.82. The monoisotopic (exact) mass is 486 g/mol. The fourth-order valence-corrected chi connectivity index (χ4v) is 3.21. The SMILES string of the molecule is [2H]c1nc(C([2H])([2H])[2H])nn1-c1ncc(OC)c2c(C(=O)C(=O)N3C([2H])([2H])C([2H])([2H])N(C(=O)c4ccccn4)C([2H])([2H])C3([2H])[2H])c[nH]c12. The van der Waals surface area contributed by atoms with Gasteiger partial charge in [0.05, 0.1) is 40.7 Å². The molecular weight excluding hydrogens is 452 g/mol. The Bertz CT molecular complexity index is 1900. The van der Waals surface area contributed by atoms with Crippen molar-refractivity contribution in [2.24, 2.45) is 0 Å². The quantitative estimate of drug-likeness (QED) is 0.326. The molecule has 0 aliphatic carbocycles. The molecule has 0 bridgehead atoms. The number of piperazine rings is 1. The van der Waals surface area contributed by atoms with Crippen LogP contribution in [0, 0.1) is 6.85 Å². The van der Waals surface area contributed by atoms with Gasteiger partial charge in [0.15, 0.2) is 5.82 Å². The number of methoxy groups -OCH3 is 1. The Morgan fingerprint density at radius 2 is 1.94 bits per heavy atom. The highest BCUT2D eigenvalue weighted by atomic mass is 16.5. The first-order valence-electron chi connectivity index (χ1n) is 15.8. The van der Waals surface area contributed by atoms with Crippen molar-refractivity contribution >= 4 is 28.5 Å². The third-order valence-corrected chi connectivity index (χ3v) is 4.80. The maximum absolute atomic E-state index is 13.8. The lowest BCUT2D eigenvalue weighted by atomic mass is 10.1. The minimum absolute atomic E-state index is 0.154. The van der Waals surface area contributed by atoms with E-state index >= 15 is 0 Å². The average Bonchev–Trinajstić information content (AvgIpc) is 3.60. The summed E-state index contributed by atoms with van der Waals surface area (Å²) < 4.78 is 105. The number of ether oxygens (including phenoxy) is 1. The van der Waals surface area contributed by atoms with E-state index in [1.54, 1.807) is 0 Å². The molecule has 4 aromatic rings. The van der Waals surface area contributed by atoms with Crippen molar-refractivity contribution < 1.29 is 35.6 Å². The molecule has 35 heavy (non-hydrogen) atoms. The van der Waals surface area contributed by atoms with Crippen LogP contribution in [-0.4, -0.2) is 90.2 Å². The zero-order chi connectivity index (χ0) is 35.1. The molecule has 0 unspecified atom stereocenters. The molecule has 12 heteroatoms. The first-order chi connectivity index (χ1) is 21.6. The van der Waals surface area contributed by atoms with Gasteiger partial charge in [-0.1, -0.05) is 6.07 Å². The van der Waals surface area contributed by atoms with E-state index in [9.17, 15) is 14.4 Å². The van der Waals surface area contributed by atoms with Crippen LogP contribution in [0.1, 0.15) is 43.1 Å². The molecule has 0 atom stereocenters. The smallest absolute Gasteiger partial charge is 0.295 e. The summed E-state index contributed by atoms with van der Waals surface area (Å²) >= 11 is 0. The van der Waals surface area contributed by atoms with E-state index < -0.39 is 78.7 Å². The average molecular weight is 487 g/mol. The van der Waals surface area contributed by atoms with E-state index in [1.165, 1.54) is 12.1 Å². The number of H-pyrrole nitrogens is 1. The molecule has 12 nitrogen and oxygen atoms in total. The van der Waals surface area contributed by atoms with Gasteiger partial charge < -0.3 is 19.5 Å². The number of hydrogen-bond acceptors (Lipinski definition) is 8. The molecule has 0 radical (unpaired) electrons. The molecular formula is C23H22N8O4. The lowest BCUT2D eigenvalue weighted by Crippen LogP contribution is -2.52. The Hall–Kier alpha value is -4.61. The van der Waals surface area contributed by atoms with Gasteiger partial charge in [-0.15, -0.1) is 0 Å². The predicted molar refractivity (Wildman–Crippen MR) is 123 cm³/mol. The zero-order valence-corrected chi connectivity index (χ0v) is 17.7. The minimum atomic E-state index is -3.87. The Labute approximate surface area is 216 Å². The Balaban J connectivity index is 1.62. The molecule has 1 aliphatic heterocycles. The minimum Gasteiger partial charge on any atom is -0.494 e. The molecule has 178 valence electrons. The lowest BCUT2D eigenvalue weighted by molar-refractivity contribution is -0.127. The van der Waals surface area contributed by atoms with Crippen LogP contribution in [0.15, 0.2) is 43.1 Å². The number of Topliss-reactive ketones (excluding diaryl/α,β-unsaturated/α-hetero) is 1. The first-order valence-corrected chi connectivity index (χ1v) is 9.75. The van der Waals surface area contributed by atoms with Crippen LogP contribution < -0.4 is 4.74 Å². The van der Waals surface area contributed by atoms with Crippen LogP contribution in [0.25, 0.3) is 16.7 Å². The summed E-state index contributed by atoms with van der Waals surface area (Å²) in [6.07, 6.45) is 2.40. The maximum Gasteiger partial charge on any atom is 0.295 e. The predicted octanol–water partition coefficient (Wildman–Crippen LogP) is 1.02. The van der Waals surface area contributed by atoms with Gasteiger partial charge in [-0.25, -0.2) is 14.6 Å². The standard InChI is InChI=1S/C23H22N8O4/c1-14-27-13-31(28-14)21-19-18(17(35-2)12-26-21)15(11-25-19)20(32)23(34)30-9-7-29(8-10-30)22(33)16-5-3-4-6-24-16/h3-6,11-13,25H,7-10H2,1-2H3/i1D3,7D2,8D2,9D2,10D2,13D. The van der Waals surface area contributed by atoms with Crippen molar-refractivity contribution in [1.82, 2.24) is 39.5 Å². The van der Waals surface area contributed by atoms with E-state index in [2.05, 4.69) is 25.0 Å². The van der Waals surface area contributed by atoms with E-state index in [1.807, 2.05) is 0 Å². The third kappa shape index (κ3) is 3.98. The van der Waals surface area contributed by atoms with Gasteiger partial charge in [-0.3, -0.25) is 19.4 Å². The van der Waals surface area contributed by atoms with Crippen LogP contribution in [-0.2, 0) is 4.79 Å². The second kappa shape index (κ2) is 8.97. The number of nitrogens with zero attached hydrogens (tertiary/aromatic N) is 7. The van der Waals surface area contributed by atoms with E-state index in [4.69, 9.17) is 21.2 Å². The molecule has 5 heterocycles. The van der Waals surface area contributed by atoms with Crippen molar-refractivity contribution in [2.45, 2.75) is 6.85 Å². The lowest BCUT2D eigenvalue weighted by Gasteiger charge is -2.34. The number of aromatic nitrogens is 6. The van der Waals surface area contributed by atoms with Gasteiger partial charge in [0.25, 0.3) is 17.6 Å². The van der Waals surface area contributed by atoms with E-state index in [-0.39, 0.29) is 27.4 Å². The molecule has 4 aromatic heterocycles. The molecule has 1 saturated heterocycles. The summed E-state index contributed by atoms with van der Waals surface area (Å²) in [5, 5.41) is 3.55. The number of rotatable bonds is 5. The maximum atomic E-state index is 13.8. The number of amides is 2. The molecule has 0 saturated carbocycles. The first kappa shape index (κ1) is 12.2. The summed E-state index contributed by atoms with van der Waals surface area (Å²) in [5.74, 6) is -6.38. The van der Waals surface area contributed by atoms with Crippen molar-refractivity contribution in [2.75, 3.05) is 33.1 Å². The normalized spacial score (nSPS) is 24.9. The van der Waals surface area contributed by atoms with Crippen LogP contribution >= 0.6 is 0 Å². The van der Waals surface area contributed by atoms with Gasteiger partial charge in [-0.05, 0) is 19.0 Å². The number of nitrogens with one attached hydrogen (secondary N) is 1. The third-order valence-electron chi connectivity index (χ3n) is 4.80. The number of aromatic amines is 1. The van der Waals surface area contributed by atoms with E-state index in [0.29, 0.717) is 4.68 Å². The van der Waals surface area contributed by atoms with Gasteiger partial charge in [0.2, 0.25) is 0 Å². The summed E-state index contributed by atoms with van der Waals surface area (Å²) in [4.78, 5) is 53.9. The Morgan fingerprint density at radius 1 is 1.14 bits per heavy atom. The van der Waals surface area contributed by atoms with E-state index in [0.717, 1.165) is 31.8 Å². The van der Waals surface area contributed by atoms with Gasteiger partial charge in [-0.2, -0.15) is 5.10 Å². The fourth-order valence-electron chi connectivity index (χ4n) is 3.21. The van der Waals surface area contributed by atoms with Crippen LogP contribution in [0.2, 0.25) is 0 Å². The number of carbonyl (C=O) groups excluding carboxylic acids is 3. The van der Waals surface area contributed by atoms with Crippen LogP contribution in [0.4, 0.5) is 0 Å². The highest BCUT2D eigenvalue weighted by Gasteiger charge is 2.31. The molecule has 0 aromatic carbocycles. The molecule has 5 rings (SSSR count). The topological polar surface area (TPSA) is 139 Å². The number of hydrogen-bond donors (Lipinski definition) is 1. The number of aryl methyl sites for hydroxylation is 1. The van der Waals surface area contributed by atoms with Crippen molar-refractivity contribution in [3.63, 3.8) is 0 Å². The summed E-state index contributed by atoms with van der Waals surface area (Å²) in [6.45, 7) is -18.1. The summed E-state index contributed by atoms with van der Waals surface area (Å²) in [5.41, 5.74) is -1.31. The van der Waals surface area contributed by atoms with Crippen LogP contribution in [0.3, 0.4) is 0 Å². The Kier molecular flexibility index (Phi) is 3.13. The van der Waals surface area contributed by atoms with Gasteiger partial charge >= 0.3 is 0 Å². The molecule has 2 amide bonds. The highest BCUT2D eigenvalue weighted by molar-refractivity contribution is 6.45. The number of carbonyl (C=O) groups is 3. The van der Waals surface area contributed by atoms with Crippen molar-refractivity contribution in [3.8, 4) is 11.6 Å². The van der Waals surface area contributed by atoms with Gasteiger partial charge in [0, 0.05) is 42.5 Å². The zero-order valence-electron chi connectivity index (χ0n) is 29.7. The number of pyridine rings is 2. The fraction of sp³-hybridized carbons (Fsp3) is 0.261. The molecule has 1 aliphatic rings. The second-order valence-electron chi connectivity index (χ2n) is 6.82. The largest absolute Gasteiger partial charge is 0.494 e. The van der Waals surface area contributed by atoms with Crippen LogP contribution in [0.5, 0.6) is 5.75 Å².